The molecule has 0 amide bonds. The lowest BCUT2D eigenvalue weighted by Gasteiger charge is -2.11. The fourth-order valence-corrected chi connectivity index (χ4v) is 2.26. The highest BCUT2D eigenvalue weighted by molar-refractivity contribution is 6.42. The second-order valence-corrected chi connectivity index (χ2v) is 5.08. The predicted molar refractivity (Wildman–Crippen MR) is 79.9 cm³/mol. The van der Waals surface area contributed by atoms with Gasteiger partial charge in [-0.1, -0.05) is 35.3 Å². The summed E-state index contributed by atoms with van der Waals surface area (Å²) in [4.78, 5) is 12.2. The third kappa shape index (κ3) is 2.84. The molecule has 1 N–H and O–H groups in total. The quantitative estimate of drug-likeness (QED) is 0.944. The SMILES string of the molecule is CNCc1ccc(-c2ccc(Cl)c(Cl)c2)n(C)c1=O. The number of benzene rings is 1. The predicted octanol–water partition coefficient (Wildman–Crippen LogP) is 3.08. The van der Waals surface area contributed by atoms with Crippen LogP contribution in [-0.4, -0.2) is 11.6 Å². The Morgan fingerprint density at radius 1 is 1.16 bits per heavy atom. The standard InChI is InChI=1S/C14H14Cl2N2O/c1-17-8-10-4-6-13(18(2)14(10)19)9-3-5-11(15)12(16)7-9/h3-7,17H,8H2,1-2H3. The van der Waals surface area contributed by atoms with Gasteiger partial charge in [0.2, 0.25) is 0 Å². The van der Waals surface area contributed by atoms with E-state index in [1.807, 2.05) is 25.2 Å². The maximum atomic E-state index is 12.2. The fourth-order valence-electron chi connectivity index (χ4n) is 1.96. The van der Waals surface area contributed by atoms with Crippen molar-refractivity contribution < 1.29 is 0 Å². The zero-order valence-electron chi connectivity index (χ0n) is 10.7. The number of pyridine rings is 1. The van der Waals surface area contributed by atoms with Crippen molar-refractivity contribution in [2.75, 3.05) is 7.05 Å². The highest BCUT2D eigenvalue weighted by atomic mass is 35.5. The molecule has 3 nitrogen and oxygen atoms in total. The van der Waals surface area contributed by atoms with E-state index in [9.17, 15) is 4.79 Å². The van der Waals surface area contributed by atoms with Gasteiger partial charge in [0.15, 0.2) is 0 Å². The van der Waals surface area contributed by atoms with E-state index >= 15 is 0 Å². The Hall–Kier alpha value is -1.29. The normalized spacial score (nSPS) is 10.7. The Balaban J connectivity index is 2.54. The summed E-state index contributed by atoms with van der Waals surface area (Å²) in [7, 11) is 3.56. The Morgan fingerprint density at radius 2 is 1.89 bits per heavy atom. The van der Waals surface area contributed by atoms with Crippen LogP contribution in [0.3, 0.4) is 0 Å². The van der Waals surface area contributed by atoms with E-state index in [0.717, 1.165) is 16.8 Å². The van der Waals surface area contributed by atoms with Gasteiger partial charge in [0.1, 0.15) is 0 Å². The van der Waals surface area contributed by atoms with Gasteiger partial charge < -0.3 is 9.88 Å². The van der Waals surface area contributed by atoms with Crippen LogP contribution in [0.2, 0.25) is 10.0 Å². The third-order valence-corrected chi connectivity index (χ3v) is 3.70. The molecule has 0 aliphatic rings. The molecular formula is C14H14Cl2N2O. The molecule has 0 aliphatic heterocycles. The maximum Gasteiger partial charge on any atom is 0.255 e. The van der Waals surface area contributed by atoms with Crippen LogP contribution in [0.4, 0.5) is 0 Å². The van der Waals surface area contributed by atoms with Gasteiger partial charge in [0.05, 0.1) is 15.7 Å². The summed E-state index contributed by atoms with van der Waals surface area (Å²) >= 11 is 11.9. The summed E-state index contributed by atoms with van der Waals surface area (Å²) in [5.41, 5.74) is 2.39. The number of nitrogens with zero attached hydrogens (tertiary/aromatic N) is 1. The van der Waals surface area contributed by atoms with Gasteiger partial charge in [-0.3, -0.25) is 4.79 Å². The summed E-state index contributed by atoms with van der Waals surface area (Å²) in [6, 6.07) is 9.08. The van der Waals surface area contributed by atoms with Crippen molar-refractivity contribution in [2.45, 2.75) is 6.54 Å². The van der Waals surface area contributed by atoms with E-state index in [1.54, 1.807) is 23.7 Å². The lowest BCUT2D eigenvalue weighted by molar-refractivity contribution is 0.772. The van der Waals surface area contributed by atoms with Crippen LogP contribution < -0.4 is 10.9 Å². The minimum atomic E-state index is -0.0158. The molecule has 0 fully saturated rings. The molecule has 0 bridgehead atoms. The average Bonchev–Trinajstić information content (AvgIpc) is 2.39. The highest BCUT2D eigenvalue weighted by Gasteiger charge is 2.08. The lowest BCUT2D eigenvalue weighted by atomic mass is 10.1. The molecule has 0 saturated heterocycles. The molecule has 0 saturated carbocycles. The zero-order valence-corrected chi connectivity index (χ0v) is 12.2. The molecule has 0 spiro atoms. The molecule has 1 heterocycles. The Bertz CT molecular complexity index is 665. The van der Waals surface area contributed by atoms with Crippen molar-refractivity contribution in [1.82, 2.24) is 9.88 Å². The van der Waals surface area contributed by atoms with E-state index < -0.39 is 0 Å². The molecule has 0 atom stereocenters. The molecule has 0 unspecified atom stereocenters. The molecule has 5 heteroatoms. The lowest BCUT2D eigenvalue weighted by Crippen LogP contribution is -2.25. The molecule has 2 aromatic rings. The van der Waals surface area contributed by atoms with E-state index in [0.29, 0.717) is 16.6 Å². The van der Waals surface area contributed by atoms with Gasteiger partial charge in [-0.05, 0) is 30.8 Å². The second-order valence-electron chi connectivity index (χ2n) is 4.27. The van der Waals surface area contributed by atoms with E-state index in [1.165, 1.54) is 0 Å². The molecule has 100 valence electrons. The minimum Gasteiger partial charge on any atom is -0.315 e. The summed E-state index contributed by atoms with van der Waals surface area (Å²) in [6.07, 6.45) is 0. The first-order chi connectivity index (χ1) is 9.04. The monoisotopic (exact) mass is 296 g/mol. The van der Waals surface area contributed by atoms with E-state index in [4.69, 9.17) is 23.2 Å². The fraction of sp³-hybridized carbons (Fsp3) is 0.214. The van der Waals surface area contributed by atoms with Crippen molar-refractivity contribution in [3.05, 3.63) is 56.3 Å². The largest absolute Gasteiger partial charge is 0.315 e. The third-order valence-electron chi connectivity index (χ3n) is 2.97. The Morgan fingerprint density at radius 3 is 2.53 bits per heavy atom. The van der Waals surface area contributed by atoms with Crippen molar-refractivity contribution in [1.29, 1.82) is 0 Å². The van der Waals surface area contributed by atoms with Gasteiger partial charge >= 0.3 is 0 Å². The molecule has 2 rings (SSSR count). The summed E-state index contributed by atoms with van der Waals surface area (Å²) in [5.74, 6) is 0. The number of aromatic nitrogens is 1. The molecule has 0 aliphatic carbocycles. The Kier molecular flexibility index (Phi) is 4.30. The van der Waals surface area contributed by atoms with Gasteiger partial charge in [0.25, 0.3) is 5.56 Å². The van der Waals surface area contributed by atoms with Crippen LogP contribution >= 0.6 is 23.2 Å². The van der Waals surface area contributed by atoms with Gasteiger partial charge in [0, 0.05) is 19.2 Å². The van der Waals surface area contributed by atoms with Crippen LogP contribution in [0.5, 0.6) is 0 Å². The topological polar surface area (TPSA) is 34.0 Å². The number of nitrogens with one attached hydrogen (secondary N) is 1. The van der Waals surface area contributed by atoms with Gasteiger partial charge in [-0.25, -0.2) is 0 Å². The van der Waals surface area contributed by atoms with Crippen LogP contribution in [0.15, 0.2) is 35.1 Å². The molecule has 1 aromatic carbocycles. The van der Waals surface area contributed by atoms with E-state index in [-0.39, 0.29) is 5.56 Å². The number of hydrogen-bond donors (Lipinski definition) is 1. The van der Waals surface area contributed by atoms with Gasteiger partial charge in [-0.2, -0.15) is 0 Å². The minimum absolute atomic E-state index is 0.0158. The second kappa shape index (κ2) is 5.78. The number of halogens is 2. The smallest absolute Gasteiger partial charge is 0.255 e. The Labute approximate surface area is 121 Å². The van der Waals surface area contributed by atoms with Gasteiger partial charge in [-0.15, -0.1) is 0 Å². The molecule has 19 heavy (non-hydrogen) atoms. The first-order valence-corrected chi connectivity index (χ1v) is 6.59. The first kappa shape index (κ1) is 14.1. The number of rotatable bonds is 3. The van der Waals surface area contributed by atoms with Crippen molar-refractivity contribution in [3.8, 4) is 11.3 Å². The summed E-state index contributed by atoms with van der Waals surface area (Å²) in [6.45, 7) is 0.550. The van der Waals surface area contributed by atoms with Crippen molar-refractivity contribution in [2.24, 2.45) is 7.05 Å². The van der Waals surface area contributed by atoms with Crippen molar-refractivity contribution in [3.63, 3.8) is 0 Å². The van der Waals surface area contributed by atoms with Crippen LogP contribution in [-0.2, 0) is 13.6 Å². The van der Waals surface area contributed by atoms with Crippen LogP contribution in [0.25, 0.3) is 11.3 Å². The first-order valence-electron chi connectivity index (χ1n) is 5.83. The average molecular weight is 297 g/mol. The summed E-state index contributed by atoms with van der Waals surface area (Å²) < 4.78 is 1.62. The van der Waals surface area contributed by atoms with Crippen LogP contribution in [0.1, 0.15) is 5.56 Å². The van der Waals surface area contributed by atoms with Crippen molar-refractivity contribution >= 4 is 23.2 Å². The molecule has 0 radical (unpaired) electrons. The maximum absolute atomic E-state index is 12.2. The van der Waals surface area contributed by atoms with Crippen LogP contribution in [0, 0.1) is 0 Å². The number of hydrogen-bond acceptors (Lipinski definition) is 2. The highest BCUT2D eigenvalue weighted by Crippen LogP contribution is 2.27. The molecule has 1 aromatic heterocycles. The zero-order chi connectivity index (χ0) is 14.0. The molecular weight excluding hydrogens is 283 g/mol. The summed E-state index contributed by atoms with van der Waals surface area (Å²) in [5, 5.41) is 3.96. The van der Waals surface area contributed by atoms with E-state index in [2.05, 4.69) is 5.32 Å².